The number of hydrogen-bond donors (Lipinski definition) is 4. The molecule has 1 saturated heterocycles. The largest absolute Gasteiger partial charge is 0.334 e. The molecule has 3 atom stereocenters. The van der Waals surface area contributed by atoms with Crippen LogP contribution in [0.1, 0.15) is 31.4 Å². The number of aryl methyl sites for hydroxylation is 1. The second kappa shape index (κ2) is 7.57. The van der Waals surface area contributed by atoms with Gasteiger partial charge in [-0.05, 0) is 19.4 Å². The summed E-state index contributed by atoms with van der Waals surface area (Å²) in [6.07, 6.45) is -0.508. The van der Waals surface area contributed by atoms with Gasteiger partial charge in [-0.25, -0.2) is 9.48 Å². The van der Waals surface area contributed by atoms with E-state index in [-0.39, 0.29) is 23.9 Å². The molecule has 0 spiro atoms. The van der Waals surface area contributed by atoms with E-state index in [4.69, 9.17) is 0 Å². The summed E-state index contributed by atoms with van der Waals surface area (Å²) in [6, 6.07) is 11.1. The highest BCUT2D eigenvalue weighted by atomic mass is 16.2. The summed E-state index contributed by atoms with van der Waals surface area (Å²) in [6.45, 7) is 6.08. The Kier molecular flexibility index (Phi) is 5.22. The molecule has 1 aromatic heterocycles. The molecule has 138 valence electrons. The molecule has 0 saturated carbocycles. The smallest absolute Gasteiger partial charge is 0.320 e. The molecule has 1 aromatic carbocycles. The summed E-state index contributed by atoms with van der Waals surface area (Å²) in [5, 5.41) is 16.2. The number of carbonyl (C=O) groups is 2. The van der Waals surface area contributed by atoms with Crippen molar-refractivity contribution >= 4 is 17.8 Å². The Balaban J connectivity index is 1.67. The average molecular weight is 356 g/mol. The molecule has 1 fully saturated rings. The van der Waals surface area contributed by atoms with Crippen LogP contribution in [0.25, 0.3) is 0 Å². The van der Waals surface area contributed by atoms with Crippen LogP contribution in [0, 0.1) is 12.8 Å². The second-order valence-electron chi connectivity index (χ2n) is 6.56. The van der Waals surface area contributed by atoms with Gasteiger partial charge in [-0.3, -0.25) is 15.4 Å². The van der Waals surface area contributed by atoms with Crippen molar-refractivity contribution in [3.05, 3.63) is 47.7 Å². The fourth-order valence-corrected chi connectivity index (χ4v) is 2.81. The van der Waals surface area contributed by atoms with Gasteiger partial charge in [0.25, 0.3) is 0 Å². The Hall–Kier alpha value is -2.87. The number of amides is 3. The van der Waals surface area contributed by atoms with Crippen LogP contribution in [-0.4, -0.2) is 27.8 Å². The van der Waals surface area contributed by atoms with Crippen molar-refractivity contribution in [1.29, 1.82) is 0 Å². The maximum Gasteiger partial charge on any atom is 0.320 e. The highest BCUT2D eigenvalue weighted by molar-refractivity contribution is 5.88. The van der Waals surface area contributed by atoms with Gasteiger partial charge in [0, 0.05) is 18.7 Å². The van der Waals surface area contributed by atoms with Crippen LogP contribution in [0.2, 0.25) is 0 Å². The van der Waals surface area contributed by atoms with Crippen LogP contribution in [-0.2, 0) is 11.3 Å². The van der Waals surface area contributed by atoms with Crippen LogP contribution in [0.4, 0.5) is 10.6 Å². The molecular weight excluding hydrogens is 332 g/mol. The van der Waals surface area contributed by atoms with E-state index in [1.165, 1.54) is 0 Å². The quantitative estimate of drug-likeness (QED) is 0.670. The zero-order valence-corrected chi connectivity index (χ0v) is 15.1. The van der Waals surface area contributed by atoms with Crippen LogP contribution in [0.3, 0.4) is 0 Å². The van der Waals surface area contributed by atoms with Crippen LogP contribution >= 0.6 is 0 Å². The Labute approximate surface area is 152 Å². The first-order valence-corrected chi connectivity index (χ1v) is 8.65. The van der Waals surface area contributed by atoms with E-state index in [1.54, 1.807) is 10.7 Å². The number of hydrogen-bond acceptors (Lipinski definition) is 4. The molecule has 1 aliphatic rings. The van der Waals surface area contributed by atoms with E-state index >= 15 is 0 Å². The molecule has 26 heavy (non-hydrogen) atoms. The van der Waals surface area contributed by atoms with Gasteiger partial charge >= 0.3 is 6.03 Å². The lowest BCUT2D eigenvalue weighted by atomic mass is 10.0. The number of nitrogens with one attached hydrogen (secondary N) is 4. The lowest BCUT2D eigenvalue weighted by Crippen LogP contribution is -2.57. The molecule has 2 aromatic rings. The molecule has 3 rings (SSSR count). The third kappa shape index (κ3) is 4.02. The normalized spacial score (nSPS) is 22.6. The van der Waals surface area contributed by atoms with Gasteiger partial charge in [-0.15, -0.1) is 0 Å². The fourth-order valence-electron chi connectivity index (χ4n) is 2.81. The molecule has 0 bridgehead atoms. The summed E-state index contributed by atoms with van der Waals surface area (Å²) in [5.41, 5.74) is 1.75. The van der Waals surface area contributed by atoms with Gasteiger partial charge < -0.3 is 10.6 Å². The molecular formula is C18H24N6O2. The SMILES string of the molecule is Cc1cc(NC(=O)NCc2ccccc2)n(C2NC(=O)C(C)C(C)N2)n1. The summed E-state index contributed by atoms with van der Waals surface area (Å²) in [5.74, 6) is 0.329. The van der Waals surface area contributed by atoms with Crippen molar-refractivity contribution in [2.75, 3.05) is 5.32 Å². The summed E-state index contributed by atoms with van der Waals surface area (Å²) in [7, 11) is 0. The van der Waals surface area contributed by atoms with E-state index < -0.39 is 6.29 Å². The highest BCUT2D eigenvalue weighted by Crippen LogP contribution is 2.19. The second-order valence-corrected chi connectivity index (χ2v) is 6.56. The first kappa shape index (κ1) is 17.9. The summed E-state index contributed by atoms with van der Waals surface area (Å²) in [4.78, 5) is 24.3. The van der Waals surface area contributed by atoms with E-state index in [2.05, 4.69) is 26.4 Å². The average Bonchev–Trinajstić information content (AvgIpc) is 2.98. The Morgan fingerprint density at radius 3 is 2.69 bits per heavy atom. The van der Waals surface area contributed by atoms with Crippen molar-refractivity contribution in [2.24, 2.45) is 5.92 Å². The highest BCUT2D eigenvalue weighted by Gasteiger charge is 2.32. The number of aromatic nitrogens is 2. The van der Waals surface area contributed by atoms with Crippen LogP contribution in [0.15, 0.2) is 36.4 Å². The number of anilines is 1. The first-order valence-electron chi connectivity index (χ1n) is 8.65. The number of benzene rings is 1. The predicted molar refractivity (Wildman–Crippen MR) is 98.2 cm³/mol. The minimum absolute atomic E-state index is 0.00184. The lowest BCUT2D eigenvalue weighted by Gasteiger charge is -2.34. The fraction of sp³-hybridized carbons (Fsp3) is 0.389. The van der Waals surface area contributed by atoms with Gasteiger partial charge in [0.1, 0.15) is 5.82 Å². The van der Waals surface area contributed by atoms with Crippen LogP contribution in [0.5, 0.6) is 0 Å². The minimum Gasteiger partial charge on any atom is -0.334 e. The molecule has 4 N–H and O–H groups in total. The van der Waals surface area contributed by atoms with Crippen molar-refractivity contribution < 1.29 is 9.59 Å². The van der Waals surface area contributed by atoms with Gasteiger partial charge in [0.05, 0.1) is 11.6 Å². The molecule has 8 nitrogen and oxygen atoms in total. The van der Waals surface area contributed by atoms with Crippen molar-refractivity contribution in [2.45, 2.75) is 39.6 Å². The third-order valence-electron chi connectivity index (χ3n) is 4.50. The molecule has 3 unspecified atom stereocenters. The maximum absolute atomic E-state index is 12.2. The summed E-state index contributed by atoms with van der Waals surface area (Å²) >= 11 is 0. The minimum atomic E-state index is -0.508. The maximum atomic E-state index is 12.2. The van der Waals surface area contributed by atoms with Gasteiger partial charge in [0.2, 0.25) is 5.91 Å². The molecule has 0 aliphatic carbocycles. The van der Waals surface area contributed by atoms with Crippen molar-refractivity contribution in [1.82, 2.24) is 25.7 Å². The topological polar surface area (TPSA) is 100 Å². The number of urea groups is 1. The van der Waals surface area contributed by atoms with Gasteiger partial charge in [-0.2, -0.15) is 5.10 Å². The number of carbonyl (C=O) groups excluding carboxylic acids is 2. The standard InChI is InChI=1S/C18H24N6O2/c1-11-9-15(21-18(26)19-10-14-7-5-4-6-8-14)24(23-11)17-20-13(3)12(2)16(25)22-17/h4-9,12-13,17,20H,10H2,1-3H3,(H,22,25)(H2,19,21,26). The number of rotatable bonds is 4. The van der Waals surface area contributed by atoms with Crippen molar-refractivity contribution in [3.63, 3.8) is 0 Å². The van der Waals surface area contributed by atoms with E-state index in [9.17, 15) is 9.59 Å². The molecule has 1 aliphatic heterocycles. The van der Waals surface area contributed by atoms with Gasteiger partial charge in [-0.1, -0.05) is 37.3 Å². The molecule has 8 heteroatoms. The van der Waals surface area contributed by atoms with E-state index in [1.807, 2.05) is 51.1 Å². The lowest BCUT2D eigenvalue weighted by molar-refractivity contribution is -0.130. The van der Waals surface area contributed by atoms with E-state index in [0.29, 0.717) is 12.4 Å². The zero-order valence-electron chi connectivity index (χ0n) is 15.1. The predicted octanol–water partition coefficient (Wildman–Crippen LogP) is 1.71. The van der Waals surface area contributed by atoms with Crippen molar-refractivity contribution in [3.8, 4) is 0 Å². The van der Waals surface area contributed by atoms with Crippen LogP contribution < -0.4 is 21.3 Å². The Morgan fingerprint density at radius 2 is 2.00 bits per heavy atom. The van der Waals surface area contributed by atoms with Gasteiger partial charge in [0.15, 0.2) is 6.29 Å². The molecule has 3 amide bonds. The zero-order chi connectivity index (χ0) is 18.7. The third-order valence-corrected chi connectivity index (χ3v) is 4.50. The number of nitrogens with zero attached hydrogens (tertiary/aromatic N) is 2. The summed E-state index contributed by atoms with van der Waals surface area (Å²) < 4.78 is 1.58. The first-order chi connectivity index (χ1) is 12.4. The molecule has 0 radical (unpaired) electrons. The monoisotopic (exact) mass is 356 g/mol. The Bertz CT molecular complexity index is 788. The van der Waals surface area contributed by atoms with E-state index in [0.717, 1.165) is 11.3 Å². The molecule has 2 heterocycles. The Morgan fingerprint density at radius 1 is 1.27 bits per heavy atom.